The molecule has 3 heteroatoms. The van der Waals surface area contributed by atoms with Gasteiger partial charge in [0.25, 0.3) is 0 Å². The van der Waals surface area contributed by atoms with Crippen LogP contribution in [0.15, 0.2) is 11.6 Å². The molecule has 104 valence electrons. The molecule has 1 amide bonds. The van der Waals surface area contributed by atoms with Crippen molar-refractivity contribution in [2.45, 2.75) is 51.0 Å². The van der Waals surface area contributed by atoms with Crippen molar-refractivity contribution in [1.29, 1.82) is 0 Å². The molecule has 0 aromatic carbocycles. The molecule has 4 atom stereocenters. The number of amides is 1. The van der Waals surface area contributed by atoms with Crippen molar-refractivity contribution in [3.8, 4) is 0 Å². The van der Waals surface area contributed by atoms with Gasteiger partial charge in [-0.1, -0.05) is 5.57 Å². The zero-order chi connectivity index (χ0) is 13.0. The second-order valence-electron chi connectivity index (χ2n) is 7.04. The summed E-state index contributed by atoms with van der Waals surface area (Å²) >= 11 is 0. The van der Waals surface area contributed by atoms with E-state index in [1.54, 1.807) is 5.57 Å². The van der Waals surface area contributed by atoms with E-state index in [9.17, 15) is 4.79 Å². The lowest BCUT2D eigenvalue weighted by Gasteiger charge is -2.57. The molecule has 0 spiro atoms. The molecular formula is C16H23NO2. The number of rotatable bonds is 1. The highest BCUT2D eigenvalue weighted by molar-refractivity contribution is 5.68. The Morgan fingerprint density at radius 1 is 1.21 bits per heavy atom. The van der Waals surface area contributed by atoms with Gasteiger partial charge in [0.15, 0.2) is 0 Å². The van der Waals surface area contributed by atoms with E-state index in [1.807, 2.05) is 4.90 Å². The fourth-order valence-corrected chi connectivity index (χ4v) is 4.63. The average Bonchev–Trinajstić information content (AvgIpc) is 2.44. The second kappa shape index (κ2) is 4.00. The van der Waals surface area contributed by atoms with Crippen molar-refractivity contribution in [1.82, 2.24) is 4.90 Å². The number of allylic oxidation sites excluding steroid dienone is 1. The van der Waals surface area contributed by atoms with Gasteiger partial charge in [-0.15, -0.1) is 0 Å². The summed E-state index contributed by atoms with van der Waals surface area (Å²) in [4.78, 5) is 14.2. The summed E-state index contributed by atoms with van der Waals surface area (Å²) in [6, 6.07) is 0. The van der Waals surface area contributed by atoms with Crippen LogP contribution in [0.4, 0.5) is 4.79 Å². The fourth-order valence-electron chi connectivity index (χ4n) is 4.63. The van der Waals surface area contributed by atoms with Gasteiger partial charge in [0.1, 0.15) is 5.60 Å². The quantitative estimate of drug-likeness (QED) is 0.677. The smallest absolute Gasteiger partial charge is 0.410 e. The van der Waals surface area contributed by atoms with E-state index in [0.29, 0.717) is 5.92 Å². The van der Waals surface area contributed by atoms with E-state index in [-0.39, 0.29) is 11.7 Å². The third kappa shape index (κ3) is 1.73. The minimum absolute atomic E-state index is 0.0831. The molecule has 4 fully saturated rings. The average molecular weight is 261 g/mol. The number of hydrogen-bond donors (Lipinski definition) is 0. The molecule has 0 aromatic heterocycles. The van der Waals surface area contributed by atoms with Crippen molar-refractivity contribution in [2.75, 3.05) is 13.1 Å². The Kier molecular flexibility index (Phi) is 2.49. The number of piperidine rings is 1. The summed E-state index contributed by atoms with van der Waals surface area (Å²) in [5.74, 6) is 2.21. The van der Waals surface area contributed by atoms with Gasteiger partial charge in [-0.25, -0.2) is 4.79 Å². The zero-order valence-corrected chi connectivity index (χ0v) is 11.7. The minimum atomic E-state index is -0.322. The summed E-state index contributed by atoms with van der Waals surface area (Å²) in [5, 5.41) is 0. The predicted molar refractivity (Wildman–Crippen MR) is 72.7 cm³/mol. The summed E-state index contributed by atoms with van der Waals surface area (Å²) in [7, 11) is 0. The van der Waals surface area contributed by atoms with Crippen LogP contribution in [0.1, 0.15) is 45.4 Å². The molecule has 0 radical (unpaired) electrons. The SMILES string of the molecule is CC1(OC(=O)N2CCCCC2)C=C2C3CC1C[C@@H]2C3. The molecule has 0 N–H and O–H groups in total. The van der Waals surface area contributed by atoms with Gasteiger partial charge in [0.05, 0.1) is 0 Å². The number of ether oxygens (including phenoxy) is 1. The molecule has 3 nitrogen and oxygen atoms in total. The van der Waals surface area contributed by atoms with Crippen LogP contribution in [0.5, 0.6) is 0 Å². The lowest BCUT2D eigenvalue weighted by Crippen LogP contribution is -2.54. The fraction of sp³-hybridized carbons (Fsp3) is 0.812. The van der Waals surface area contributed by atoms with Crippen molar-refractivity contribution < 1.29 is 9.53 Å². The molecule has 19 heavy (non-hydrogen) atoms. The number of hydrogen-bond acceptors (Lipinski definition) is 2. The van der Waals surface area contributed by atoms with Crippen molar-refractivity contribution in [3.05, 3.63) is 11.6 Å². The molecular weight excluding hydrogens is 238 g/mol. The number of carbonyl (C=O) groups excluding carboxylic acids is 1. The van der Waals surface area contributed by atoms with Crippen LogP contribution >= 0.6 is 0 Å². The van der Waals surface area contributed by atoms with Gasteiger partial charge < -0.3 is 9.64 Å². The normalized spacial score (nSPS) is 43.5. The molecule has 0 aromatic rings. The van der Waals surface area contributed by atoms with E-state index in [0.717, 1.165) is 37.8 Å². The zero-order valence-electron chi connectivity index (χ0n) is 11.7. The van der Waals surface area contributed by atoms with Crippen LogP contribution in [0, 0.1) is 17.8 Å². The van der Waals surface area contributed by atoms with Gasteiger partial charge in [-0.3, -0.25) is 0 Å². The molecule has 3 unspecified atom stereocenters. The molecule has 5 aliphatic carbocycles. The Morgan fingerprint density at radius 3 is 2.47 bits per heavy atom. The van der Waals surface area contributed by atoms with Crippen LogP contribution in [-0.2, 0) is 4.74 Å². The van der Waals surface area contributed by atoms with E-state index in [1.165, 1.54) is 25.7 Å². The van der Waals surface area contributed by atoms with Crippen molar-refractivity contribution in [2.24, 2.45) is 17.8 Å². The van der Waals surface area contributed by atoms with Crippen molar-refractivity contribution >= 4 is 6.09 Å². The Bertz CT molecular complexity index is 424. The minimum Gasteiger partial charge on any atom is -0.439 e. The van der Waals surface area contributed by atoms with E-state index >= 15 is 0 Å². The highest BCUT2D eigenvalue weighted by Gasteiger charge is 2.54. The van der Waals surface area contributed by atoms with E-state index in [4.69, 9.17) is 4.74 Å². The highest BCUT2D eigenvalue weighted by Crippen LogP contribution is 2.60. The number of nitrogens with zero attached hydrogens (tertiary/aromatic N) is 1. The first-order valence-electron chi connectivity index (χ1n) is 7.86. The van der Waals surface area contributed by atoms with Crippen molar-refractivity contribution in [3.63, 3.8) is 0 Å². The molecule has 6 aliphatic rings. The standard InChI is InChI=1S/C16H23NO2/c1-16(19-15(18)17-5-3-2-4-6-17)10-14-11-7-12(14)9-13(16)8-11/h10-13H,2-9H2,1H3/t11-,12?,13?,16?/m0/s1. The Morgan fingerprint density at radius 2 is 1.89 bits per heavy atom. The maximum atomic E-state index is 12.3. The maximum absolute atomic E-state index is 12.3. The Labute approximate surface area is 115 Å². The van der Waals surface area contributed by atoms with Gasteiger partial charge in [0.2, 0.25) is 0 Å². The first-order valence-corrected chi connectivity index (χ1v) is 7.86. The number of likely N-dealkylation sites (tertiary alicyclic amines) is 1. The monoisotopic (exact) mass is 261 g/mol. The Balaban J connectivity index is 1.49. The van der Waals surface area contributed by atoms with Crippen LogP contribution in [0.25, 0.3) is 0 Å². The third-order valence-corrected chi connectivity index (χ3v) is 5.84. The van der Waals surface area contributed by atoms with E-state index < -0.39 is 0 Å². The molecule has 1 saturated heterocycles. The molecule has 4 bridgehead atoms. The summed E-state index contributed by atoms with van der Waals surface area (Å²) in [5.41, 5.74) is 1.27. The van der Waals surface area contributed by atoms with Gasteiger partial charge in [0, 0.05) is 19.0 Å². The summed E-state index contributed by atoms with van der Waals surface area (Å²) < 4.78 is 5.93. The first-order chi connectivity index (χ1) is 9.16. The lowest BCUT2D eigenvalue weighted by atomic mass is 9.50. The summed E-state index contributed by atoms with van der Waals surface area (Å²) in [6.45, 7) is 3.88. The number of carbonyl (C=O) groups is 1. The largest absolute Gasteiger partial charge is 0.439 e. The Hall–Kier alpha value is -0.990. The van der Waals surface area contributed by atoms with Gasteiger partial charge in [-0.2, -0.15) is 0 Å². The summed E-state index contributed by atoms with van der Waals surface area (Å²) in [6.07, 6.45) is 9.58. The van der Waals surface area contributed by atoms with Crippen LogP contribution in [0.3, 0.4) is 0 Å². The van der Waals surface area contributed by atoms with Gasteiger partial charge in [-0.05, 0) is 63.4 Å². The first kappa shape index (κ1) is 11.8. The third-order valence-electron chi connectivity index (χ3n) is 5.84. The lowest BCUT2D eigenvalue weighted by molar-refractivity contribution is -0.0589. The maximum Gasteiger partial charge on any atom is 0.410 e. The second-order valence-corrected chi connectivity index (χ2v) is 7.04. The number of fused-ring (bicyclic) bond motifs is 1. The molecule has 6 rings (SSSR count). The van der Waals surface area contributed by atoms with Crippen LogP contribution in [0.2, 0.25) is 0 Å². The topological polar surface area (TPSA) is 29.5 Å². The van der Waals surface area contributed by atoms with Crippen LogP contribution < -0.4 is 0 Å². The molecule has 1 aliphatic heterocycles. The van der Waals surface area contributed by atoms with Gasteiger partial charge >= 0.3 is 6.09 Å². The predicted octanol–water partition coefficient (Wildman–Crippen LogP) is 3.35. The van der Waals surface area contributed by atoms with E-state index in [2.05, 4.69) is 13.0 Å². The molecule has 1 heterocycles. The molecule has 3 saturated carbocycles. The highest BCUT2D eigenvalue weighted by atomic mass is 16.6. The van der Waals surface area contributed by atoms with Crippen LogP contribution in [-0.4, -0.2) is 29.7 Å².